The molecule has 0 aromatic carbocycles. The van der Waals surface area contributed by atoms with E-state index in [1.54, 1.807) is 13.8 Å². The van der Waals surface area contributed by atoms with E-state index in [9.17, 15) is 19.8 Å². The van der Waals surface area contributed by atoms with Crippen molar-refractivity contribution in [1.82, 2.24) is 0 Å². The van der Waals surface area contributed by atoms with Crippen molar-refractivity contribution in [3.63, 3.8) is 0 Å². The van der Waals surface area contributed by atoms with E-state index in [2.05, 4.69) is 0 Å². The van der Waals surface area contributed by atoms with Gasteiger partial charge in [-0.05, 0) is 12.8 Å². The van der Waals surface area contributed by atoms with Gasteiger partial charge in [-0.25, -0.2) is 0 Å². The van der Waals surface area contributed by atoms with E-state index < -0.39 is 11.9 Å². The molecule has 0 fully saturated rings. The number of carboxylic acid groups (broad SMARTS) is 2. The van der Waals surface area contributed by atoms with Crippen molar-refractivity contribution in [1.29, 1.82) is 0 Å². The average Bonchev–Trinajstić information content (AvgIpc) is 1.87. The molecule has 5 heteroatoms. The molecule has 0 aromatic rings. The van der Waals surface area contributed by atoms with Crippen LogP contribution in [-0.4, -0.2) is 29.5 Å². The number of rotatable bonds is 4. The fraction of sp³-hybridized carbons (Fsp3) is 0.750. The molecule has 76 valence electrons. The second kappa shape index (κ2) is 14.0. The predicted octanol–water partition coefficient (Wildman–Crippen LogP) is -1.31. The zero-order valence-corrected chi connectivity index (χ0v) is 10.1. The van der Waals surface area contributed by atoms with Gasteiger partial charge in [0.1, 0.15) is 0 Å². The molecular formula is C8H14GeO4-2. The topological polar surface area (TPSA) is 80.3 Å². The van der Waals surface area contributed by atoms with Crippen molar-refractivity contribution >= 4 is 29.5 Å². The minimum absolute atomic E-state index is 0. The first-order chi connectivity index (χ1) is 5.54. The number of carboxylic acids is 2. The third kappa shape index (κ3) is 34.3. The van der Waals surface area contributed by atoms with Gasteiger partial charge in [0.25, 0.3) is 0 Å². The van der Waals surface area contributed by atoms with Gasteiger partial charge in [0.05, 0.1) is 0 Å². The summed E-state index contributed by atoms with van der Waals surface area (Å²) in [5.41, 5.74) is 0. The molecule has 0 aliphatic rings. The maximum absolute atomic E-state index is 9.49. The smallest absolute Gasteiger partial charge is 0.0414 e. The van der Waals surface area contributed by atoms with Gasteiger partial charge < -0.3 is 19.8 Å². The summed E-state index contributed by atoms with van der Waals surface area (Å²) in [6.45, 7) is 3.60. The Labute approximate surface area is 89.3 Å². The van der Waals surface area contributed by atoms with Gasteiger partial charge in [-0.15, -0.1) is 0 Å². The molecule has 0 saturated carbocycles. The van der Waals surface area contributed by atoms with Gasteiger partial charge in [0, 0.05) is 29.5 Å². The van der Waals surface area contributed by atoms with Gasteiger partial charge in [-0.3, -0.25) is 0 Å². The monoisotopic (exact) mass is 248 g/mol. The van der Waals surface area contributed by atoms with Crippen LogP contribution >= 0.6 is 0 Å². The summed E-state index contributed by atoms with van der Waals surface area (Å²) in [5, 5.41) is 19.0. The van der Waals surface area contributed by atoms with Crippen LogP contribution in [0.5, 0.6) is 0 Å². The van der Waals surface area contributed by atoms with Gasteiger partial charge in [0.2, 0.25) is 0 Å². The summed E-state index contributed by atoms with van der Waals surface area (Å²) in [6, 6.07) is 0. The minimum atomic E-state index is -0.961. The minimum Gasteiger partial charge on any atom is -0.550 e. The van der Waals surface area contributed by atoms with E-state index in [-0.39, 0.29) is 30.4 Å². The van der Waals surface area contributed by atoms with Gasteiger partial charge in [-0.1, -0.05) is 26.7 Å². The summed E-state index contributed by atoms with van der Waals surface area (Å²) < 4.78 is 0. The Morgan fingerprint density at radius 3 is 1.15 bits per heavy atom. The second-order valence-corrected chi connectivity index (χ2v) is 2.24. The van der Waals surface area contributed by atoms with Crippen LogP contribution in [0.15, 0.2) is 0 Å². The largest absolute Gasteiger partial charge is 0.550 e. The Hall–Kier alpha value is -0.517. The molecule has 4 nitrogen and oxygen atoms in total. The van der Waals surface area contributed by atoms with E-state index in [1.165, 1.54) is 0 Å². The molecule has 0 unspecified atom stereocenters. The molecule has 0 aliphatic carbocycles. The van der Waals surface area contributed by atoms with Crippen LogP contribution in [0, 0.1) is 0 Å². The van der Waals surface area contributed by atoms with E-state index in [0.717, 1.165) is 0 Å². The molecule has 0 saturated heterocycles. The Kier molecular flexibility index (Phi) is 19.8. The molecule has 0 atom stereocenters. The van der Waals surface area contributed by atoms with E-state index >= 15 is 0 Å². The first kappa shape index (κ1) is 18.3. The van der Waals surface area contributed by atoms with Gasteiger partial charge in [0.15, 0.2) is 0 Å². The van der Waals surface area contributed by atoms with Crippen molar-refractivity contribution in [3.05, 3.63) is 0 Å². The zero-order valence-electron chi connectivity index (χ0n) is 7.96. The van der Waals surface area contributed by atoms with Crippen LogP contribution in [0.4, 0.5) is 0 Å². The molecule has 0 N–H and O–H groups in total. The van der Waals surface area contributed by atoms with Gasteiger partial charge >= 0.3 is 0 Å². The molecule has 0 rings (SSSR count). The van der Waals surface area contributed by atoms with Crippen molar-refractivity contribution in [2.45, 2.75) is 39.5 Å². The first-order valence-electron chi connectivity index (χ1n) is 3.94. The predicted molar refractivity (Wildman–Crippen MR) is 45.6 cm³/mol. The standard InChI is InChI=1S/2C4H8O2.Ge/c2*1-2-3-4(5)6;/h2*2-3H2,1H3,(H,5,6);/p-2. The summed E-state index contributed by atoms with van der Waals surface area (Å²) in [4.78, 5) is 19.0. The number of carbonyl (C=O) groups is 2. The molecule has 13 heavy (non-hydrogen) atoms. The molecule has 4 radical (unpaired) electrons. The van der Waals surface area contributed by atoms with Crippen LogP contribution < -0.4 is 10.2 Å². The number of hydrogen-bond donors (Lipinski definition) is 0. The van der Waals surface area contributed by atoms with Crippen molar-refractivity contribution in [3.8, 4) is 0 Å². The third-order valence-electron chi connectivity index (χ3n) is 0.908. The zero-order chi connectivity index (χ0) is 9.98. The average molecular weight is 247 g/mol. The Balaban J connectivity index is -0.000000143. The number of carbonyl (C=O) groups excluding carboxylic acids is 2. The van der Waals surface area contributed by atoms with Crippen molar-refractivity contribution in [2.75, 3.05) is 0 Å². The van der Waals surface area contributed by atoms with Crippen molar-refractivity contribution in [2.24, 2.45) is 0 Å². The van der Waals surface area contributed by atoms with Crippen LogP contribution in [0.2, 0.25) is 0 Å². The van der Waals surface area contributed by atoms with Crippen LogP contribution in [0.3, 0.4) is 0 Å². The quantitative estimate of drug-likeness (QED) is 0.577. The van der Waals surface area contributed by atoms with Crippen molar-refractivity contribution < 1.29 is 19.8 Å². The summed E-state index contributed by atoms with van der Waals surface area (Å²) in [5.74, 6) is -1.92. The maximum Gasteiger partial charge on any atom is 0.0414 e. The molecule has 0 spiro atoms. The SMILES string of the molecule is CCCC(=O)[O-].CCCC(=O)[O-].[Ge]. The van der Waals surface area contributed by atoms with E-state index in [4.69, 9.17) is 0 Å². The molecule has 0 amide bonds. The molecule has 0 bridgehead atoms. The van der Waals surface area contributed by atoms with Crippen LogP contribution in [-0.2, 0) is 9.59 Å². The molecule has 0 heterocycles. The van der Waals surface area contributed by atoms with E-state index in [1.807, 2.05) is 0 Å². The summed E-state index contributed by atoms with van der Waals surface area (Å²) >= 11 is 0. The third-order valence-corrected chi connectivity index (χ3v) is 0.908. The Morgan fingerprint density at radius 2 is 1.15 bits per heavy atom. The second-order valence-electron chi connectivity index (χ2n) is 2.24. The van der Waals surface area contributed by atoms with Crippen LogP contribution in [0.1, 0.15) is 39.5 Å². The molecular weight excluding hydrogens is 233 g/mol. The maximum atomic E-state index is 9.49. The summed E-state index contributed by atoms with van der Waals surface area (Å²) in [6.07, 6.45) is 1.70. The molecule has 0 aliphatic heterocycles. The normalized spacial score (nSPS) is 7.54. The Morgan fingerprint density at radius 1 is 0.923 bits per heavy atom. The van der Waals surface area contributed by atoms with Crippen LogP contribution in [0.25, 0.3) is 0 Å². The van der Waals surface area contributed by atoms with E-state index in [0.29, 0.717) is 12.8 Å². The first-order valence-corrected chi connectivity index (χ1v) is 3.94. The molecule has 0 aromatic heterocycles. The number of hydrogen-bond acceptors (Lipinski definition) is 4. The number of aliphatic carboxylic acids is 2. The fourth-order valence-corrected chi connectivity index (χ4v) is 0.408. The Bertz CT molecular complexity index is 120. The summed E-state index contributed by atoms with van der Waals surface area (Å²) in [7, 11) is 0. The fourth-order valence-electron chi connectivity index (χ4n) is 0.408. The van der Waals surface area contributed by atoms with Gasteiger partial charge in [-0.2, -0.15) is 0 Å².